The third-order valence-corrected chi connectivity index (χ3v) is 2.29. The van der Waals surface area contributed by atoms with Crippen molar-refractivity contribution in [1.82, 2.24) is 14.6 Å². The van der Waals surface area contributed by atoms with Crippen LogP contribution in [0.3, 0.4) is 0 Å². The number of rotatable bonds is 4. The molecule has 7 nitrogen and oxygen atoms in total. The summed E-state index contributed by atoms with van der Waals surface area (Å²) in [5.41, 5.74) is 0.678. The van der Waals surface area contributed by atoms with Gasteiger partial charge < -0.3 is 10.2 Å². The van der Waals surface area contributed by atoms with Crippen molar-refractivity contribution in [3.8, 4) is 0 Å². The number of hydrogen-bond acceptors (Lipinski definition) is 4. The Morgan fingerprint density at radius 2 is 2.18 bits per heavy atom. The first-order chi connectivity index (χ1) is 8.08. The first kappa shape index (κ1) is 11.1. The number of fused-ring (bicyclic) bond motifs is 1. The van der Waals surface area contributed by atoms with Crippen LogP contribution in [-0.4, -0.2) is 36.7 Å². The second-order valence-corrected chi connectivity index (χ2v) is 3.48. The van der Waals surface area contributed by atoms with Crippen LogP contribution < -0.4 is 0 Å². The van der Waals surface area contributed by atoms with E-state index in [-0.39, 0.29) is 5.69 Å². The third-order valence-electron chi connectivity index (χ3n) is 2.29. The highest BCUT2D eigenvalue weighted by atomic mass is 16.4. The van der Waals surface area contributed by atoms with Crippen LogP contribution in [0.5, 0.6) is 0 Å². The van der Waals surface area contributed by atoms with Crippen LogP contribution in [0.2, 0.25) is 0 Å². The van der Waals surface area contributed by atoms with Gasteiger partial charge in [0.05, 0.1) is 12.1 Å². The molecule has 1 atom stereocenters. The average Bonchev–Trinajstić information content (AvgIpc) is 2.68. The Kier molecular flexibility index (Phi) is 2.73. The van der Waals surface area contributed by atoms with Gasteiger partial charge in [0.15, 0.2) is 5.65 Å². The first-order valence-corrected chi connectivity index (χ1v) is 4.83. The SMILES string of the molecule is O=C(O)CC(C(=O)O)c1cc2ncccn2n1. The van der Waals surface area contributed by atoms with Crippen molar-refractivity contribution in [3.63, 3.8) is 0 Å². The van der Waals surface area contributed by atoms with E-state index in [4.69, 9.17) is 10.2 Å². The zero-order valence-corrected chi connectivity index (χ0v) is 8.65. The van der Waals surface area contributed by atoms with E-state index < -0.39 is 24.3 Å². The van der Waals surface area contributed by atoms with Crippen molar-refractivity contribution in [2.24, 2.45) is 0 Å². The van der Waals surface area contributed by atoms with Crippen molar-refractivity contribution in [2.45, 2.75) is 12.3 Å². The average molecular weight is 235 g/mol. The molecule has 0 amide bonds. The molecule has 0 aliphatic carbocycles. The minimum absolute atomic E-state index is 0.193. The molecule has 0 saturated carbocycles. The van der Waals surface area contributed by atoms with Gasteiger partial charge in [0.2, 0.25) is 0 Å². The molecule has 0 saturated heterocycles. The molecule has 0 aromatic carbocycles. The largest absolute Gasteiger partial charge is 0.481 e. The number of carbonyl (C=O) groups is 2. The molecular formula is C10H9N3O4. The summed E-state index contributed by atoms with van der Waals surface area (Å²) in [5, 5.41) is 21.6. The highest BCUT2D eigenvalue weighted by Gasteiger charge is 2.26. The Morgan fingerprint density at radius 3 is 2.76 bits per heavy atom. The van der Waals surface area contributed by atoms with Crippen molar-refractivity contribution in [2.75, 3.05) is 0 Å². The summed E-state index contributed by atoms with van der Waals surface area (Å²) < 4.78 is 1.41. The van der Waals surface area contributed by atoms with Gasteiger partial charge in [-0.05, 0) is 6.07 Å². The van der Waals surface area contributed by atoms with E-state index in [0.29, 0.717) is 5.65 Å². The molecule has 1 unspecified atom stereocenters. The molecule has 88 valence electrons. The van der Waals surface area contributed by atoms with Gasteiger partial charge in [0.1, 0.15) is 5.92 Å². The predicted octanol–water partition coefficient (Wildman–Crippen LogP) is 0.372. The second kappa shape index (κ2) is 4.20. The molecule has 0 aliphatic heterocycles. The maximum Gasteiger partial charge on any atom is 0.313 e. The molecule has 2 rings (SSSR count). The van der Waals surface area contributed by atoms with Crippen LogP contribution in [-0.2, 0) is 9.59 Å². The molecule has 2 aromatic heterocycles. The summed E-state index contributed by atoms with van der Waals surface area (Å²) in [7, 11) is 0. The summed E-state index contributed by atoms with van der Waals surface area (Å²) in [6.07, 6.45) is 2.67. The van der Waals surface area contributed by atoms with E-state index in [9.17, 15) is 9.59 Å². The fourth-order valence-corrected chi connectivity index (χ4v) is 1.51. The van der Waals surface area contributed by atoms with Crippen molar-refractivity contribution < 1.29 is 19.8 Å². The number of aliphatic carboxylic acids is 2. The van der Waals surface area contributed by atoms with Gasteiger partial charge in [-0.1, -0.05) is 0 Å². The van der Waals surface area contributed by atoms with Gasteiger partial charge in [-0.3, -0.25) is 9.59 Å². The van der Waals surface area contributed by atoms with E-state index in [1.807, 2.05) is 0 Å². The molecule has 0 bridgehead atoms. The lowest BCUT2D eigenvalue weighted by atomic mass is 10.0. The van der Waals surface area contributed by atoms with Gasteiger partial charge in [-0.25, -0.2) is 9.50 Å². The third kappa shape index (κ3) is 2.22. The Bertz CT molecular complexity index is 545. The molecule has 0 spiro atoms. The summed E-state index contributed by atoms with van der Waals surface area (Å²) >= 11 is 0. The fraction of sp³-hybridized carbons (Fsp3) is 0.200. The predicted molar refractivity (Wildman–Crippen MR) is 55.6 cm³/mol. The van der Waals surface area contributed by atoms with Crippen LogP contribution in [0.1, 0.15) is 18.0 Å². The minimum atomic E-state index is -1.21. The van der Waals surface area contributed by atoms with Gasteiger partial charge in [0.25, 0.3) is 0 Å². The lowest BCUT2D eigenvalue weighted by molar-refractivity contribution is -0.145. The smallest absolute Gasteiger partial charge is 0.313 e. The highest BCUT2D eigenvalue weighted by molar-refractivity contribution is 5.82. The zero-order chi connectivity index (χ0) is 12.4. The quantitative estimate of drug-likeness (QED) is 0.793. The molecule has 0 radical (unpaired) electrons. The molecule has 2 heterocycles. The Labute approximate surface area is 95.3 Å². The Hall–Kier alpha value is -2.44. The van der Waals surface area contributed by atoms with E-state index >= 15 is 0 Å². The number of carboxylic acids is 2. The molecular weight excluding hydrogens is 226 g/mol. The monoisotopic (exact) mass is 235 g/mol. The van der Waals surface area contributed by atoms with Gasteiger partial charge in [-0.2, -0.15) is 5.10 Å². The van der Waals surface area contributed by atoms with Crippen LogP contribution in [0.15, 0.2) is 24.5 Å². The molecule has 17 heavy (non-hydrogen) atoms. The standard InChI is InChI=1S/C10H9N3O4/c14-9(15)4-6(10(16)17)7-5-8-11-2-1-3-13(8)12-7/h1-3,5-6H,4H2,(H,14,15)(H,16,17). The molecule has 0 aliphatic rings. The van der Waals surface area contributed by atoms with Crippen molar-refractivity contribution in [3.05, 3.63) is 30.2 Å². The first-order valence-electron chi connectivity index (χ1n) is 4.83. The summed E-state index contributed by atoms with van der Waals surface area (Å²) in [5.74, 6) is -3.55. The molecule has 2 N–H and O–H groups in total. The molecule has 2 aromatic rings. The number of hydrogen-bond donors (Lipinski definition) is 2. The summed E-state index contributed by atoms with van der Waals surface area (Å²) in [6.45, 7) is 0. The second-order valence-electron chi connectivity index (χ2n) is 3.48. The van der Waals surface area contributed by atoms with Crippen molar-refractivity contribution >= 4 is 17.6 Å². The van der Waals surface area contributed by atoms with E-state index in [2.05, 4.69) is 10.1 Å². The highest BCUT2D eigenvalue weighted by Crippen LogP contribution is 2.19. The van der Waals surface area contributed by atoms with Gasteiger partial charge in [0, 0.05) is 18.5 Å². The maximum atomic E-state index is 11.0. The van der Waals surface area contributed by atoms with Gasteiger partial charge in [-0.15, -0.1) is 0 Å². The van der Waals surface area contributed by atoms with Gasteiger partial charge >= 0.3 is 11.9 Å². The Morgan fingerprint density at radius 1 is 1.41 bits per heavy atom. The fourth-order valence-electron chi connectivity index (χ4n) is 1.51. The summed E-state index contributed by atoms with van der Waals surface area (Å²) in [6, 6.07) is 3.12. The zero-order valence-electron chi connectivity index (χ0n) is 8.65. The minimum Gasteiger partial charge on any atom is -0.481 e. The van der Waals surface area contributed by atoms with E-state index in [0.717, 1.165) is 0 Å². The van der Waals surface area contributed by atoms with Crippen LogP contribution in [0, 0.1) is 0 Å². The Balaban J connectivity index is 2.41. The van der Waals surface area contributed by atoms with E-state index in [1.165, 1.54) is 10.6 Å². The number of nitrogens with zero attached hydrogens (tertiary/aromatic N) is 3. The topological polar surface area (TPSA) is 105 Å². The lowest BCUT2D eigenvalue weighted by Crippen LogP contribution is -2.16. The maximum absolute atomic E-state index is 11.0. The van der Waals surface area contributed by atoms with Crippen LogP contribution >= 0.6 is 0 Å². The summed E-state index contributed by atoms with van der Waals surface area (Å²) in [4.78, 5) is 25.6. The normalized spacial score (nSPS) is 12.5. The number of aromatic nitrogens is 3. The van der Waals surface area contributed by atoms with Crippen LogP contribution in [0.25, 0.3) is 5.65 Å². The molecule has 0 fully saturated rings. The lowest BCUT2D eigenvalue weighted by Gasteiger charge is -2.04. The van der Waals surface area contributed by atoms with E-state index in [1.54, 1.807) is 18.5 Å². The van der Waals surface area contributed by atoms with Crippen LogP contribution in [0.4, 0.5) is 0 Å². The number of carboxylic acid groups (broad SMARTS) is 2. The van der Waals surface area contributed by atoms with Crippen molar-refractivity contribution in [1.29, 1.82) is 0 Å². The molecule has 7 heteroatoms.